The van der Waals surface area contributed by atoms with Crippen LogP contribution >= 0.6 is 0 Å². The van der Waals surface area contributed by atoms with E-state index in [-0.39, 0.29) is 0 Å². The average molecular weight is 665 g/mol. The van der Waals surface area contributed by atoms with Crippen molar-refractivity contribution in [2.24, 2.45) is 0 Å². The number of para-hydroxylation sites is 4. The number of nitrogens with zero attached hydrogens (tertiary/aromatic N) is 2. The predicted molar refractivity (Wildman–Crippen MR) is 215 cm³/mol. The zero-order valence-electron chi connectivity index (χ0n) is 27.9. The molecule has 0 fully saturated rings. The van der Waals surface area contributed by atoms with Crippen molar-refractivity contribution in [3.05, 3.63) is 170 Å². The lowest BCUT2D eigenvalue weighted by molar-refractivity contribution is 0.671. The minimum absolute atomic E-state index is 0.900. The van der Waals surface area contributed by atoms with Gasteiger partial charge < -0.3 is 18.0 Å². The minimum Gasteiger partial charge on any atom is -0.455 e. The largest absolute Gasteiger partial charge is 0.455 e. The molecule has 0 amide bonds. The van der Waals surface area contributed by atoms with Crippen molar-refractivity contribution in [1.82, 2.24) is 9.13 Å². The average Bonchev–Trinajstić information content (AvgIpc) is 3.95. The van der Waals surface area contributed by atoms with Crippen molar-refractivity contribution in [1.29, 1.82) is 0 Å². The van der Waals surface area contributed by atoms with Crippen molar-refractivity contribution in [3.8, 4) is 22.5 Å². The summed E-state index contributed by atoms with van der Waals surface area (Å²) in [7, 11) is 0. The number of aromatic nitrogens is 2. The summed E-state index contributed by atoms with van der Waals surface area (Å²) in [4.78, 5) is 0. The van der Waals surface area contributed by atoms with Crippen LogP contribution in [0.3, 0.4) is 0 Å². The topological polar surface area (TPSA) is 36.1 Å². The van der Waals surface area contributed by atoms with Crippen LogP contribution in [0.1, 0.15) is 0 Å². The highest BCUT2D eigenvalue weighted by Crippen LogP contribution is 2.44. The van der Waals surface area contributed by atoms with E-state index in [0.717, 1.165) is 105 Å². The van der Waals surface area contributed by atoms with Gasteiger partial charge >= 0.3 is 0 Å². The molecule has 0 aliphatic heterocycles. The normalized spacial score (nSPS) is 12.2. The SMILES string of the molecule is c1ccc(-n2c3ccc(-c4ccc5c(c4)c4ccc6c7ccccc7oc6c4n5-c4ccccc4)cc3c3c4oc5ccccc5c4ccc32)cc1. The maximum atomic E-state index is 6.65. The Labute approximate surface area is 296 Å². The van der Waals surface area contributed by atoms with Gasteiger partial charge in [0, 0.05) is 49.1 Å². The zero-order valence-corrected chi connectivity index (χ0v) is 27.9. The standard InChI is InChI=1S/C48H28N2O2/c1-3-11-31(12-4-1)49-41-25-20-30(28-39(41)45-42(49)26-23-36-33-15-7-9-17-43(33)51-47(36)45)29-19-24-40-38(27-29)35-21-22-37-34-16-8-10-18-44(34)52-48(37)46(35)50(40)32-13-5-2-6-14-32/h1-28H. The van der Waals surface area contributed by atoms with Gasteiger partial charge in [0.2, 0.25) is 0 Å². The Bertz CT molecular complexity index is 3400. The summed E-state index contributed by atoms with van der Waals surface area (Å²) in [6, 6.07) is 60.5. The molecule has 0 N–H and O–H groups in total. The highest BCUT2D eigenvalue weighted by Gasteiger charge is 2.22. The molecule has 4 aromatic heterocycles. The fraction of sp³-hybridized carbons (Fsp3) is 0. The summed E-state index contributed by atoms with van der Waals surface area (Å²) in [6.45, 7) is 0. The second-order valence-corrected chi connectivity index (χ2v) is 13.7. The van der Waals surface area contributed by atoms with Crippen molar-refractivity contribution < 1.29 is 8.83 Å². The quantitative estimate of drug-likeness (QED) is 0.188. The second kappa shape index (κ2) is 10.3. The van der Waals surface area contributed by atoms with Crippen molar-refractivity contribution in [2.75, 3.05) is 0 Å². The third-order valence-electron chi connectivity index (χ3n) is 10.9. The first kappa shape index (κ1) is 27.7. The molecule has 4 heterocycles. The van der Waals surface area contributed by atoms with Crippen LogP contribution in [-0.4, -0.2) is 9.13 Å². The molecule has 52 heavy (non-hydrogen) atoms. The van der Waals surface area contributed by atoms with E-state index in [4.69, 9.17) is 8.83 Å². The molecule has 12 aromatic rings. The highest BCUT2D eigenvalue weighted by atomic mass is 16.3. The van der Waals surface area contributed by atoms with Crippen LogP contribution in [0, 0.1) is 0 Å². The maximum Gasteiger partial charge on any atom is 0.160 e. The Kier molecular flexibility index (Phi) is 5.47. The lowest BCUT2D eigenvalue weighted by atomic mass is 10.00. The molecular weight excluding hydrogens is 637 g/mol. The van der Waals surface area contributed by atoms with Crippen molar-refractivity contribution in [3.63, 3.8) is 0 Å². The Morgan fingerprint density at radius 2 is 0.827 bits per heavy atom. The summed E-state index contributed by atoms with van der Waals surface area (Å²) < 4.78 is 18.0. The van der Waals surface area contributed by atoms with Crippen LogP contribution < -0.4 is 0 Å². The molecule has 242 valence electrons. The number of hydrogen-bond donors (Lipinski definition) is 0. The van der Waals surface area contributed by atoms with Gasteiger partial charge in [-0.2, -0.15) is 0 Å². The molecular formula is C48H28N2O2. The summed E-state index contributed by atoms with van der Waals surface area (Å²) in [6.07, 6.45) is 0. The summed E-state index contributed by atoms with van der Waals surface area (Å²) in [5, 5.41) is 9.16. The Morgan fingerprint density at radius 3 is 1.52 bits per heavy atom. The fourth-order valence-electron chi connectivity index (χ4n) is 8.63. The number of benzene rings is 8. The number of furan rings is 2. The molecule has 0 atom stereocenters. The number of rotatable bonds is 3. The van der Waals surface area contributed by atoms with Gasteiger partial charge in [0.1, 0.15) is 16.7 Å². The summed E-state index contributed by atoms with van der Waals surface area (Å²) in [5.74, 6) is 0. The molecule has 0 saturated heterocycles. The van der Waals surface area contributed by atoms with Gasteiger partial charge in [-0.15, -0.1) is 0 Å². The van der Waals surface area contributed by atoms with Crippen LogP contribution in [0.15, 0.2) is 179 Å². The van der Waals surface area contributed by atoms with Crippen LogP contribution in [0.25, 0.3) is 110 Å². The molecule has 12 rings (SSSR count). The summed E-state index contributed by atoms with van der Waals surface area (Å²) in [5.41, 5.74) is 12.7. The van der Waals surface area contributed by atoms with E-state index in [0.29, 0.717) is 0 Å². The third-order valence-corrected chi connectivity index (χ3v) is 10.9. The molecule has 4 nitrogen and oxygen atoms in total. The van der Waals surface area contributed by atoms with Gasteiger partial charge in [0.15, 0.2) is 5.58 Å². The Morgan fingerprint density at radius 1 is 0.327 bits per heavy atom. The lowest BCUT2D eigenvalue weighted by Crippen LogP contribution is -1.93. The van der Waals surface area contributed by atoms with Crippen LogP contribution in [0.5, 0.6) is 0 Å². The molecule has 8 aromatic carbocycles. The van der Waals surface area contributed by atoms with E-state index in [9.17, 15) is 0 Å². The van der Waals surface area contributed by atoms with Crippen LogP contribution in [0.4, 0.5) is 0 Å². The molecule has 0 saturated carbocycles. The number of hydrogen-bond acceptors (Lipinski definition) is 2. The number of fused-ring (bicyclic) bond motifs is 14. The molecule has 0 spiro atoms. The van der Waals surface area contributed by atoms with Gasteiger partial charge in [0.05, 0.1) is 27.5 Å². The van der Waals surface area contributed by atoms with E-state index >= 15 is 0 Å². The first-order valence-corrected chi connectivity index (χ1v) is 17.7. The minimum atomic E-state index is 0.900. The van der Waals surface area contributed by atoms with Gasteiger partial charge in [-0.3, -0.25) is 0 Å². The van der Waals surface area contributed by atoms with Crippen LogP contribution in [0.2, 0.25) is 0 Å². The van der Waals surface area contributed by atoms with E-state index in [2.05, 4.69) is 167 Å². The van der Waals surface area contributed by atoms with Gasteiger partial charge in [-0.25, -0.2) is 0 Å². The Hall–Kier alpha value is -7.04. The van der Waals surface area contributed by atoms with Gasteiger partial charge in [-0.05, 0) is 90.0 Å². The molecule has 4 heteroatoms. The van der Waals surface area contributed by atoms with E-state index < -0.39 is 0 Å². The summed E-state index contributed by atoms with van der Waals surface area (Å²) >= 11 is 0. The van der Waals surface area contributed by atoms with E-state index in [1.807, 2.05) is 12.1 Å². The zero-order chi connectivity index (χ0) is 33.9. The fourth-order valence-corrected chi connectivity index (χ4v) is 8.63. The van der Waals surface area contributed by atoms with Crippen molar-refractivity contribution >= 4 is 87.5 Å². The molecule has 0 unspecified atom stereocenters. The lowest BCUT2D eigenvalue weighted by Gasteiger charge is -2.09. The predicted octanol–water partition coefficient (Wildman–Crippen LogP) is 13.3. The molecule has 0 aliphatic rings. The Balaban J connectivity index is 1.15. The first-order valence-electron chi connectivity index (χ1n) is 17.7. The van der Waals surface area contributed by atoms with Crippen molar-refractivity contribution in [2.45, 2.75) is 0 Å². The van der Waals surface area contributed by atoms with Crippen LogP contribution in [-0.2, 0) is 0 Å². The van der Waals surface area contributed by atoms with Gasteiger partial charge in [0.25, 0.3) is 0 Å². The van der Waals surface area contributed by atoms with Gasteiger partial charge in [-0.1, -0.05) is 91.0 Å². The molecule has 0 radical (unpaired) electrons. The van der Waals surface area contributed by atoms with E-state index in [1.165, 1.54) is 5.39 Å². The first-order chi connectivity index (χ1) is 25.8. The smallest absolute Gasteiger partial charge is 0.160 e. The highest BCUT2D eigenvalue weighted by molar-refractivity contribution is 6.25. The maximum absolute atomic E-state index is 6.65. The molecule has 0 aliphatic carbocycles. The second-order valence-electron chi connectivity index (χ2n) is 13.7. The third kappa shape index (κ3) is 3.70. The monoisotopic (exact) mass is 664 g/mol. The van der Waals surface area contributed by atoms with E-state index in [1.54, 1.807) is 0 Å². The molecule has 0 bridgehead atoms.